The number of hydrogen-bond acceptors (Lipinski definition) is 1. The first-order valence-corrected chi connectivity index (χ1v) is 13.5. The largest absolute Gasteiger partial charge is 0.393 e. The van der Waals surface area contributed by atoms with E-state index in [-0.39, 0.29) is 6.10 Å². The molecule has 0 radical (unpaired) electrons. The number of allylic oxidation sites excluding steroid dienone is 2. The molecule has 4 rings (SSSR count). The van der Waals surface area contributed by atoms with Crippen LogP contribution in [0.15, 0.2) is 11.6 Å². The molecule has 30 heavy (non-hydrogen) atoms. The number of rotatable bonds is 5. The average Bonchev–Trinajstić information content (AvgIpc) is 3.06. The summed E-state index contributed by atoms with van der Waals surface area (Å²) in [4.78, 5) is 0. The zero-order chi connectivity index (χ0) is 21.7. The van der Waals surface area contributed by atoms with Gasteiger partial charge in [-0.15, -0.1) is 0 Å². The molecule has 9 atom stereocenters. The summed E-state index contributed by atoms with van der Waals surface area (Å²) < 4.78 is 0. The maximum absolute atomic E-state index is 10.3. The van der Waals surface area contributed by atoms with Gasteiger partial charge in [0.1, 0.15) is 0 Å². The minimum atomic E-state index is -0.0157. The van der Waals surface area contributed by atoms with E-state index in [0.29, 0.717) is 16.7 Å². The Labute approximate surface area is 187 Å². The highest BCUT2D eigenvalue weighted by atomic mass is 16.3. The summed E-state index contributed by atoms with van der Waals surface area (Å²) in [7, 11) is 0. The minimum Gasteiger partial charge on any atom is -0.393 e. The summed E-state index contributed by atoms with van der Waals surface area (Å²) in [5.74, 6) is 6.17. The summed E-state index contributed by atoms with van der Waals surface area (Å²) in [6, 6.07) is 0. The predicted molar refractivity (Wildman–Crippen MR) is 128 cm³/mol. The second-order valence-corrected chi connectivity index (χ2v) is 12.8. The van der Waals surface area contributed by atoms with E-state index < -0.39 is 0 Å². The van der Waals surface area contributed by atoms with Crippen LogP contribution >= 0.6 is 0 Å². The first-order valence-electron chi connectivity index (χ1n) is 13.5. The Morgan fingerprint density at radius 1 is 0.933 bits per heavy atom. The molecule has 1 heteroatoms. The lowest BCUT2D eigenvalue weighted by molar-refractivity contribution is -0.129. The maximum atomic E-state index is 10.3. The van der Waals surface area contributed by atoms with E-state index in [9.17, 15) is 5.11 Å². The molecular formula is C29H50O. The Morgan fingerprint density at radius 3 is 2.33 bits per heavy atom. The number of hydrogen-bond donors (Lipinski definition) is 1. The van der Waals surface area contributed by atoms with Gasteiger partial charge >= 0.3 is 0 Å². The molecule has 172 valence electrons. The second kappa shape index (κ2) is 8.57. The molecule has 1 unspecified atom stereocenters. The van der Waals surface area contributed by atoms with Gasteiger partial charge in [-0.3, -0.25) is 0 Å². The van der Waals surface area contributed by atoms with E-state index in [0.717, 1.165) is 48.3 Å². The lowest BCUT2D eigenvalue weighted by Crippen LogP contribution is -2.54. The van der Waals surface area contributed by atoms with Crippen molar-refractivity contribution in [2.45, 2.75) is 118 Å². The SMILES string of the molecule is C/C=C(\CC[C@@H](C)[C@H]1CC[C@H]2C3CC[C@H]4C[C@@H](O)CC[C@]4(C)[C@H]3CC[C@]12C)C(C)C. The van der Waals surface area contributed by atoms with Crippen molar-refractivity contribution >= 4 is 0 Å². The number of fused-ring (bicyclic) bond motifs is 5. The van der Waals surface area contributed by atoms with Gasteiger partial charge in [-0.1, -0.05) is 46.3 Å². The van der Waals surface area contributed by atoms with Gasteiger partial charge < -0.3 is 5.11 Å². The van der Waals surface area contributed by atoms with Crippen molar-refractivity contribution in [3.8, 4) is 0 Å². The minimum absolute atomic E-state index is 0.0157. The van der Waals surface area contributed by atoms with Crippen LogP contribution in [0, 0.1) is 52.3 Å². The third-order valence-corrected chi connectivity index (χ3v) is 11.4. The van der Waals surface area contributed by atoms with Gasteiger partial charge in [-0.2, -0.15) is 0 Å². The van der Waals surface area contributed by atoms with E-state index in [1.165, 1.54) is 57.8 Å². The van der Waals surface area contributed by atoms with Gasteiger partial charge in [0, 0.05) is 0 Å². The molecule has 4 aliphatic rings. The summed E-state index contributed by atoms with van der Waals surface area (Å²) in [5, 5.41) is 10.3. The molecule has 0 aliphatic heterocycles. The van der Waals surface area contributed by atoms with Crippen molar-refractivity contribution in [1.82, 2.24) is 0 Å². The molecule has 0 saturated heterocycles. The van der Waals surface area contributed by atoms with E-state index in [2.05, 4.69) is 47.6 Å². The van der Waals surface area contributed by atoms with Crippen LogP contribution < -0.4 is 0 Å². The van der Waals surface area contributed by atoms with Crippen LogP contribution in [0.4, 0.5) is 0 Å². The van der Waals surface area contributed by atoms with Gasteiger partial charge in [-0.05, 0) is 130 Å². The van der Waals surface area contributed by atoms with Crippen LogP contribution in [0.5, 0.6) is 0 Å². The summed E-state index contributed by atoms with van der Waals surface area (Å²) in [6.45, 7) is 14.9. The first-order chi connectivity index (χ1) is 14.2. The highest BCUT2D eigenvalue weighted by molar-refractivity contribution is 5.10. The quantitative estimate of drug-likeness (QED) is 0.451. The Kier molecular flexibility index (Phi) is 6.53. The fourth-order valence-electron chi connectivity index (χ4n) is 9.57. The van der Waals surface area contributed by atoms with Gasteiger partial charge in [0.05, 0.1) is 6.10 Å². The number of aliphatic hydroxyl groups excluding tert-OH is 1. The van der Waals surface area contributed by atoms with Gasteiger partial charge in [0.2, 0.25) is 0 Å². The summed E-state index contributed by atoms with van der Waals surface area (Å²) in [6.07, 6.45) is 17.2. The summed E-state index contributed by atoms with van der Waals surface area (Å²) >= 11 is 0. The molecule has 1 nitrogen and oxygen atoms in total. The average molecular weight is 415 g/mol. The van der Waals surface area contributed by atoms with E-state index in [1.807, 2.05) is 0 Å². The molecule has 0 aromatic heterocycles. The highest BCUT2D eigenvalue weighted by Gasteiger charge is 2.60. The Morgan fingerprint density at radius 2 is 1.63 bits per heavy atom. The van der Waals surface area contributed by atoms with Crippen LogP contribution in [-0.4, -0.2) is 11.2 Å². The lowest BCUT2D eigenvalue weighted by atomic mass is 9.44. The fourth-order valence-corrected chi connectivity index (χ4v) is 9.57. The monoisotopic (exact) mass is 414 g/mol. The molecule has 0 heterocycles. The predicted octanol–water partition coefficient (Wildman–Crippen LogP) is 8.02. The zero-order valence-electron chi connectivity index (χ0n) is 20.9. The molecule has 0 bridgehead atoms. The van der Waals surface area contributed by atoms with E-state index in [1.54, 1.807) is 5.57 Å². The molecule has 4 aliphatic carbocycles. The maximum Gasteiger partial charge on any atom is 0.0543 e. The van der Waals surface area contributed by atoms with Crippen molar-refractivity contribution < 1.29 is 5.11 Å². The summed E-state index contributed by atoms with van der Waals surface area (Å²) in [5.41, 5.74) is 2.77. The zero-order valence-corrected chi connectivity index (χ0v) is 20.9. The fraction of sp³-hybridized carbons (Fsp3) is 0.931. The van der Waals surface area contributed by atoms with Crippen molar-refractivity contribution in [3.63, 3.8) is 0 Å². The normalized spacial score (nSPS) is 47.5. The molecule has 0 aromatic carbocycles. The Hall–Kier alpha value is -0.300. The highest BCUT2D eigenvalue weighted by Crippen LogP contribution is 2.68. The first kappa shape index (κ1) is 22.9. The van der Waals surface area contributed by atoms with Crippen molar-refractivity contribution in [1.29, 1.82) is 0 Å². The lowest BCUT2D eigenvalue weighted by Gasteiger charge is -2.61. The van der Waals surface area contributed by atoms with Crippen LogP contribution in [0.2, 0.25) is 0 Å². The van der Waals surface area contributed by atoms with Gasteiger partial charge in [-0.25, -0.2) is 0 Å². The van der Waals surface area contributed by atoms with Gasteiger partial charge in [0.25, 0.3) is 0 Å². The molecule has 0 spiro atoms. The molecule has 0 aromatic rings. The van der Waals surface area contributed by atoms with Crippen LogP contribution in [0.1, 0.15) is 112 Å². The van der Waals surface area contributed by atoms with Crippen LogP contribution in [0.3, 0.4) is 0 Å². The van der Waals surface area contributed by atoms with Gasteiger partial charge in [0.15, 0.2) is 0 Å². The molecule has 4 fully saturated rings. The van der Waals surface area contributed by atoms with E-state index in [4.69, 9.17) is 0 Å². The smallest absolute Gasteiger partial charge is 0.0543 e. The standard InChI is InChI=1S/C29H50O/c1-7-21(19(2)3)9-8-20(4)25-12-13-26-24-11-10-22-18-23(30)14-16-28(22,5)27(24)15-17-29(25,26)6/h7,19-20,22-27,30H,8-18H2,1-6H3/b21-7+/t20-,22+,23+,24?,25-,26+,27+,28+,29-/m1/s1. The Balaban J connectivity index is 1.46. The van der Waals surface area contributed by atoms with E-state index >= 15 is 0 Å². The molecule has 1 N–H and O–H groups in total. The third-order valence-electron chi connectivity index (χ3n) is 11.4. The van der Waals surface area contributed by atoms with Crippen molar-refractivity contribution in [2.75, 3.05) is 0 Å². The number of aliphatic hydroxyl groups is 1. The molecule has 0 amide bonds. The molecule has 4 saturated carbocycles. The van der Waals surface area contributed by atoms with Crippen LogP contribution in [0.25, 0.3) is 0 Å². The molecular weight excluding hydrogens is 364 g/mol. The topological polar surface area (TPSA) is 20.2 Å². The second-order valence-electron chi connectivity index (χ2n) is 12.8. The van der Waals surface area contributed by atoms with Crippen LogP contribution in [-0.2, 0) is 0 Å². The third kappa shape index (κ3) is 3.74. The van der Waals surface area contributed by atoms with Crippen molar-refractivity contribution in [2.24, 2.45) is 52.3 Å². The Bertz CT molecular complexity index is 634. The van der Waals surface area contributed by atoms with Crippen molar-refractivity contribution in [3.05, 3.63) is 11.6 Å².